The van der Waals surface area contributed by atoms with E-state index < -0.39 is 0 Å². The summed E-state index contributed by atoms with van der Waals surface area (Å²) in [6.45, 7) is 0. The number of hydrazine groups is 1. The van der Waals surface area contributed by atoms with Crippen LogP contribution in [0.5, 0.6) is 0 Å². The maximum absolute atomic E-state index is 11.3. The molecule has 0 unspecified atom stereocenters. The molecule has 0 spiro atoms. The first-order valence-electron chi connectivity index (χ1n) is 4.46. The summed E-state index contributed by atoms with van der Waals surface area (Å²) in [4.78, 5) is 33.5. The number of nitrogens with zero attached hydrogens (tertiary/aromatic N) is 4. The molecule has 1 aromatic rings. The third kappa shape index (κ3) is 1.82. The molecule has 0 atom stereocenters. The molecule has 1 aromatic heterocycles. The number of nitrogen functional groups attached to an aromatic ring is 2. The Hall–Kier alpha value is -2.45. The molecule has 1 aliphatic rings. The Labute approximate surface area is 89.8 Å². The topological polar surface area (TPSA) is 140 Å². The van der Waals surface area contributed by atoms with Crippen LogP contribution in [0.25, 0.3) is 0 Å². The van der Waals surface area contributed by atoms with Crippen LogP contribution in [0.3, 0.4) is 0 Å². The lowest BCUT2D eigenvalue weighted by Crippen LogP contribution is -2.35. The molecule has 2 amide bonds. The average molecular weight is 223 g/mol. The van der Waals surface area contributed by atoms with Crippen LogP contribution in [0.2, 0.25) is 0 Å². The van der Waals surface area contributed by atoms with Gasteiger partial charge in [0.15, 0.2) is 0 Å². The Kier molecular flexibility index (Phi) is 2.27. The van der Waals surface area contributed by atoms with E-state index in [4.69, 9.17) is 11.5 Å². The van der Waals surface area contributed by atoms with Crippen LogP contribution in [-0.4, -0.2) is 31.8 Å². The predicted molar refractivity (Wildman–Crippen MR) is 53.4 cm³/mol. The van der Waals surface area contributed by atoms with Crippen LogP contribution in [0, 0.1) is 0 Å². The summed E-state index contributed by atoms with van der Waals surface area (Å²) in [5, 5.41) is 0.841. The van der Waals surface area contributed by atoms with Crippen LogP contribution >= 0.6 is 0 Å². The number of imide groups is 1. The van der Waals surface area contributed by atoms with E-state index in [1.807, 2.05) is 0 Å². The van der Waals surface area contributed by atoms with Gasteiger partial charge in [-0.2, -0.15) is 20.0 Å². The maximum Gasteiger partial charge on any atom is 0.249 e. The Bertz CT molecular complexity index is 424. The Morgan fingerprint density at radius 3 is 2.00 bits per heavy atom. The van der Waals surface area contributed by atoms with Crippen molar-refractivity contribution in [2.24, 2.45) is 0 Å². The molecule has 5 N–H and O–H groups in total. The zero-order valence-corrected chi connectivity index (χ0v) is 8.17. The van der Waals surface area contributed by atoms with Crippen LogP contribution in [0.1, 0.15) is 12.8 Å². The van der Waals surface area contributed by atoms with Gasteiger partial charge in [-0.05, 0) is 0 Å². The number of carbonyl (C=O) groups is 2. The molecule has 1 fully saturated rings. The van der Waals surface area contributed by atoms with Gasteiger partial charge in [0.1, 0.15) is 0 Å². The average Bonchev–Trinajstić information content (AvgIpc) is 2.48. The highest BCUT2D eigenvalue weighted by Crippen LogP contribution is 2.13. The standard InChI is InChI=1S/C7H9N7O2/c8-5-10-6(9)12-7(11-5)13-14-3(15)1-2-4(14)16/h1-2H2,(H5,8,9,10,11,12,13). The van der Waals surface area contributed by atoms with Gasteiger partial charge in [0.25, 0.3) is 0 Å². The molecule has 9 nitrogen and oxygen atoms in total. The van der Waals surface area contributed by atoms with Gasteiger partial charge in [-0.3, -0.25) is 15.0 Å². The number of hydrogen-bond donors (Lipinski definition) is 3. The van der Waals surface area contributed by atoms with E-state index in [1.54, 1.807) is 0 Å². The van der Waals surface area contributed by atoms with Gasteiger partial charge >= 0.3 is 0 Å². The Morgan fingerprint density at radius 1 is 1.00 bits per heavy atom. The molecule has 0 saturated carbocycles. The van der Waals surface area contributed by atoms with Gasteiger partial charge in [0.2, 0.25) is 29.7 Å². The number of hydrogen-bond acceptors (Lipinski definition) is 8. The van der Waals surface area contributed by atoms with Crippen molar-refractivity contribution in [1.82, 2.24) is 20.0 Å². The van der Waals surface area contributed by atoms with Crippen molar-refractivity contribution in [3.05, 3.63) is 0 Å². The molecule has 1 aliphatic heterocycles. The molecule has 84 valence electrons. The molecule has 1 saturated heterocycles. The molecular formula is C7H9N7O2. The number of nitrogens with one attached hydrogen (secondary N) is 1. The summed E-state index contributed by atoms with van der Waals surface area (Å²) in [5.74, 6) is -0.901. The van der Waals surface area contributed by atoms with E-state index in [0.717, 1.165) is 5.01 Å². The number of aromatic nitrogens is 3. The fourth-order valence-electron chi connectivity index (χ4n) is 1.26. The molecule has 0 aliphatic carbocycles. The minimum absolute atomic E-state index is 0.0337. The molecular weight excluding hydrogens is 214 g/mol. The summed E-state index contributed by atoms with van der Waals surface area (Å²) in [7, 11) is 0. The van der Waals surface area contributed by atoms with Gasteiger partial charge in [-0.15, -0.1) is 0 Å². The van der Waals surface area contributed by atoms with Gasteiger partial charge in [-0.25, -0.2) is 0 Å². The fraction of sp³-hybridized carbons (Fsp3) is 0.286. The highest BCUT2D eigenvalue weighted by Gasteiger charge is 2.29. The minimum Gasteiger partial charge on any atom is -0.368 e. The van der Waals surface area contributed by atoms with E-state index in [1.165, 1.54) is 0 Å². The SMILES string of the molecule is Nc1nc(N)nc(NN2C(=O)CCC2=O)n1. The van der Waals surface area contributed by atoms with Gasteiger partial charge < -0.3 is 11.5 Å². The summed E-state index contributed by atoms with van der Waals surface area (Å²) in [6.07, 6.45) is 0.337. The van der Waals surface area contributed by atoms with Crippen molar-refractivity contribution < 1.29 is 9.59 Å². The largest absolute Gasteiger partial charge is 0.368 e. The second-order valence-corrected chi connectivity index (χ2v) is 3.11. The van der Waals surface area contributed by atoms with E-state index >= 15 is 0 Å². The van der Waals surface area contributed by atoms with E-state index in [0.29, 0.717) is 0 Å². The molecule has 0 radical (unpaired) electrons. The third-order valence-electron chi connectivity index (χ3n) is 1.93. The Balaban J connectivity index is 2.20. The third-order valence-corrected chi connectivity index (χ3v) is 1.93. The van der Waals surface area contributed by atoms with Crippen molar-refractivity contribution >= 4 is 29.7 Å². The lowest BCUT2D eigenvalue weighted by atomic mass is 10.4. The second kappa shape index (κ2) is 3.61. The summed E-state index contributed by atoms with van der Waals surface area (Å²) in [5.41, 5.74) is 13.1. The molecule has 2 heterocycles. The summed E-state index contributed by atoms with van der Waals surface area (Å²) < 4.78 is 0. The van der Waals surface area contributed by atoms with Crippen molar-refractivity contribution in [3.63, 3.8) is 0 Å². The van der Waals surface area contributed by atoms with Crippen LogP contribution in [0.15, 0.2) is 0 Å². The van der Waals surface area contributed by atoms with Gasteiger partial charge in [0, 0.05) is 12.8 Å². The first-order valence-corrected chi connectivity index (χ1v) is 4.46. The van der Waals surface area contributed by atoms with E-state index in [9.17, 15) is 9.59 Å². The second-order valence-electron chi connectivity index (χ2n) is 3.11. The predicted octanol–water partition coefficient (Wildman–Crippen LogP) is -1.49. The Morgan fingerprint density at radius 2 is 1.50 bits per heavy atom. The molecule has 2 rings (SSSR count). The monoisotopic (exact) mass is 223 g/mol. The first-order chi connectivity index (χ1) is 7.56. The van der Waals surface area contributed by atoms with Crippen molar-refractivity contribution in [2.75, 3.05) is 16.9 Å². The summed E-state index contributed by atoms with van der Waals surface area (Å²) in [6, 6.07) is 0. The van der Waals surface area contributed by atoms with Crippen LogP contribution in [0.4, 0.5) is 17.8 Å². The van der Waals surface area contributed by atoms with Crippen LogP contribution < -0.4 is 16.9 Å². The molecule has 0 bridgehead atoms. The molecule has 9 heteroatoms. The van der Waals surface area contributed by atoms with Gasteiger partial charge in [-0.1, -0.05) is 0 Å². The summed E-state index contributed by atoms with van der Waals surface area (Å²) >= 11 is 0. The molecule has 0 aromatic carbocycles. The number of nitrogens with two attached hydrogens (primary N) is 2. The number of amides is 2. The quantitative estimate of drug-likeness (QED) is 0.515. The zero-order valence-electron chi connectivity index (χ0n) is 8.17. The highest BCUT2D eigenvalue weighted by atomic mass is 16.2. The van der Waals surface area contributed by atoms with E-state index in [2.05, 4.69) is 20.4 Å². The van der Waals surface area contributed by atoms with Crippen LogP contribution in [-0.2, 0) is 9.59 Å². The first kappa shape index (κ1) is 10.1. The zero-order chi connectivity index (χ0) is 11.7. The maximum atomic E-state index is 11.3. The smallest absolute Gasteiger partial charge is 0.249 e. The lowest BCUT2D eigenvalue weighted by Gasteiger charge is -2.14. The number of anilines is 3. The van der Waals surface area contributed by atoms with Crippen molar-refractivity contribution in [1.29, 1.82) is 0 Å². The fourth-order valence-corrected chi connectivity index (χ4v) is 1.26. The number of carbonyl (C=O) groups excluding carboxylic acids is 2. The van der Waals surface area contributed by atoms with E-state index in [-0.39, 0.29) is 42.5 Å². The van der Waals surface area contributed by atoms with Crippen molar-refractivity contribution in [2.45, 2.75) is 12.8 Å². The van der Waals surface area contributed by atoms with Crippen molar-refractivity contribution in [3.8, 4) is 0 Å². The number of rotatable bonds is 2. The lowest BCUT2D eigenvalue weighted by molar-refractivity contribution is -0.136. The minimum atomic E-state index is -0.345. The normalized spacial score (nSPS) is 15.6. The highest BCUT2D eigenvalue weighted by molar-refractivity contribution is 6.02. The molecule has 16 heavy (non-hydrogen) atoms. The van der Waals surface area contributed by atoms with Gasteiger partial charge in [0.05, 0.1) is 0 Å².